The molecule has 1 aliphatic heterocycles. The van der Waals surface area contributed by atoms with E-state index in [0.717, 1.165) is 25.9 Å². The Balaban J connectivity index is 2.29. The van der Waals surface area contributed by atoms with Gasteiger partial charge in [0.15, 0.2) is 0 Å². The smallest absolute Gasteiger partial charge is 0.303 e. The van der Waals surface area contributed by atoms with Crippen molar-refractivity contribution in [2.75, 3.05) is 13.1 Å². The molecule has 0 aromatic heterocycles. The van der Waals surface area contributed by atoms with Crippen molar-refractivity contribution in [3.63, 3.8) is 0 Å². The fraction of sp³-hybridized carbons (Fsp3) is 0.778. The van der Waals surface area contributed by atoms with E-state index in [1.54, 1.807) is 0 Å². The highest BCUT2D eigenvalue weighted by molar-refractivity contribution is 5.67. The minimum atomic E-state index is -0.728. The number of hydrogen-bond donors (Lipinski definition) is 2. The SMILES string of the molecule is [CH2]C(CC(=O)O)C1CCNCC1. The number of hydrogen-bond acceptors (Lipinski definition) is 2. The summed E-state index contributed by atoms with van der Waals surface area (Å²) in [6.07, 6.45) is 2.35. The number of aliphatic carboxylic acids is 1. The first-order valence-corrected chi connectivity index (χ1v) is 4.45. The number of carbonyl (C=O) groups is 1. The van der Waals surface area contributed by atoms with E-state index >= 15 is 0 Å². The Morgan fingerprint density at radius 2 is 2.17 bits per heavy atom. The highest BCUT2D eigenvalue weighted by Crippen LogP contribution is 2.23. The van der Waals surface area contributed by atoms with Crippen LogP contribution in [0, 0.1) is 18.8 Å². The minimum absolute atomic E-state index is 0.0876. The van der Waals surface area contributed by atoms with Crippen LogP contribution in [0.3, 0.4) is 0 Å². The highest BCUT2D eigenvalue weighted by atomic mass is 16.4. The molecule has 1 heterocycles. The molecule has 0 bridgehead atoms. The van der Waals surface area contributed by atoms with Crippen LogP contribution in [0.5, 0.6) is 0 Å². The van der Waals surface area contributed by atoms with E-state index in [1.807, 2.05) is 0 Å². The molecule has 3 heteroatoms. The summed E-state index contributed by atoms with van der Waals surface area (Å²) in [6, 6.07) is 0. The fourth-order valence-corrected chi connectivity index (χ4v) is 1.71. The summed E-state index contributed by atoms with van der Waals surface area (Å²) in [7, 11) is 0. The Morgan fingerprint density at radius 3 is 2.67 bits per heavy atom. The van der Waals surface area contributed by atoms with Crippen molar-refractivity contribution < 1.29 is 9.90 Å². The molecule has 2 N–H and O–H groups in total. The van der Waals surface area contributed by atoms with Gasteiger partial charge in [0, 0.05) is 6.42 Å². The average Bonchev–Trinajstić information content (AvgIpc) is 2.05. The van der Waals surface area contributed by atoms with Crippen LogP contribution in [-0.2, 0) is 4.79 Å². The molecule has 0 aromatic carbocycles. The molecule has 1 aliphatic rings. The van der Waals surface area contributed by atoms with Crippen molar-refractivity contribution in [1.82, 2.24) is 5.32 Å². The highest BCUT2D eigenvalue weighted by Gasteiger charge is 2.21. The first-order valence-electron chi connectivity index (χ1n) is 4.45. The third kappa shape index (κ3) is 2.81. The van der Waals surface area contributed by atoms with Crippen molar-refractivity contribution in [3.8, 4) is 0 Å². The molecule has 0 saturated carbocycles. The molecule has 0 amide bonds. The minimum Gasteiger partial charge on any atom is -0.481 e. The molecule has 0 aromatic rings. The van der Waals surface area contributed by atoms with Gasteiger partial charge in [-0.3, -0.25) is 4.79 Å². The lowest BCUT2D eigenvalue weighted by molar-refractivity contribution is -0.138. The van der Waals surface area contributed by atoms with Gasteiger partial charge in [-0.15, -0.1) is 0 Å². The molecule has 1 saturated heterocycles. The number of piperidine rings is 1. The summed E-state index contributed by atoms with van der Waals surface area (Å²) in [4.78, 5) is 10.4. The van der Waals surface area contributed by atoms with Gasteiger partial charge in [-0.1, -0.05) is 0 Å². The standard InChI is InChI=1S/C9H16NO2/c1-7(6-9(11)12)8-2-4-10-5-3-8/h7-8,10H,1-6H2,(H,11,12). The second kappa shape index (κ2) is 4.45. The molecule has 1 radical (unpaired) electrons. The molecule has 12 heavy (non-hydrogen) atoms. The van der Waals surface area contributed by atoms with Gasteiger partial charge in [0.05, 0.1) is 0 Å². The third-order valence-corrected chi connectivity index (χ3v) is 2.49. The molecule has 0 aliphatic carbocycles. The summed E-state index contributed by atoms with van der Waals surface area (Å²) < 4.78 is 0. The third-order valence-electron chi connectivity index (χ3n) is 2.49. The van der Waals surface area contributed by atoms with Gasteiger partial charge in [0.25, 0.3) is 0 Å². The van der Waals surface area contributed by atoms with Crippen LogP contribution in [0.1, 0.15) is 19.3 Å². The van der Waals surface area contributed by atoms with Crippen LogP contribution in [0.15, 0.2) is 0 Å². The Kier molecular flexibility index (Phi) is 3.53. The van der Waals surface area contributed by atoms with Crippen molar-refractivity contribution >= 4 is 5.97 Å². The van der Waals surface area contributed by atoms with E-state index in [2.05, 4.69) is 12.2 Å². The van der Waals surface area contributed by atoms with E-state index in [-0.39, 0.29) is 12.3 Å². The van der Waals surface area contributed by atoms with Gasteiger partial charge in [0.1, 0.15) is 0 Å². The lowest BCUT2D eigenvalue weighted by Gasteiger charge is -2.27. The lowest BCUT2D eigenvalue weighted by atomic mass is 9.84. The van der Waals surface area contributed by atoms with Gasteiger partial charge in [0.2, 0.25) is 0 Å². The number of rotatable bonds is 3. The van der Waals surface area contributed by atoms with Gasteiger partial charge < -0.3 is 10.4 Å². The predicted octanol–water partition coefficient (Wildman–Crippen LogP) is 0.911. The summed E-state index contributed by atoms with van der Waals surface area (Å²) in [6.45, 7) is 5.91. The summed E-state index contributed by atoms with van der Waals surface area (Å²) in [5, 5.41) is 11.8. The van der Waals surface area contributed by atoms with E-state index in [9.17, 15) is 4.79 Å². The van der Waals surface area contributed by atoms with E-state index in [4.69, 9.17) is 5.11 Å². The van der Waals surface area contributed by atoms with Gasteiger partial charge in [-0.05, 0) is 44.7 Å². The molecule has 69 valence electrons. The molecule has 1 rings (SSSR count). The monoisotopic (exact) mass is 170 g/mol. The quantitative estimate of drug-likeness (QED) is 0.662. The lowest BCUT2D eigenvalue weighted by Crippen LogP contribution is -2.31. The molecule has 0 spiro atoms. The molecule has 1 fully saturated rings. The van der Waals surface area contributed by atoms with Crippen molar-refractivity contribution in [2.24, 2.45) is 11.8 Å². The van der Waals surface area contributed by atoms with Crippen molar-refractivity contribution in [1.29, 1.82) is 0 Å². The number of carboxylic acids is 1. The van der Waals surface area contributed by atoms with Crippen LogP contribution >= 0.6 is 0 Å². The maximum absolute atomic E-state index is 10.4. The van der Waals surface area contributed by atoms with Crippen LogP contribution in [0.2, 0.25) is 0 Å². The Hall–Kier alpha value is -0.570. The summed E-state index contributed by atoms with van der Waals surface area (Å²) in [5.74, 6) is -0.138. The molecule has 3 nitrogen and oxygen atoms in total. The van der Waals surface area contributed by atoms with Gasteiger partial charge >= 0.3 is 5.97 Å². The second-order valence-corrected chi connectivity index (χ2v) is 3.45. The van der Waals surface area contributed by atoms with Crippen LogP contribution in [0.25, 0.3) is 0 Å². The number of carboxylic acid groups (broad SMARTS) is 1. The molecular formula is C9H16NO2. The normalized spacial score (nSPS) is 22.1. The molecule has 1 atom stereocenters. The Bertz CT molecular complexity index is 153. The van der Waals surface area contributed by atoms with E-state index < -0.39 is 5.97 Å². The zero-order valence-corrected chi connectivity index (χ0v) is 7.25. The Morgan fingerprint density at radius 1 is 1.58 bits per heavy atom. The molecule has 1 unspecified atom stereocenters. The van der Waals surface area contributed by atoms with Gasteiger partial charge in [-0.25, -0.2) is 0 Å². The van der Waals surface area contributed by atoms with Crippen LogP contribution < -0.4 is 5.32 Å². The average molecular weight is 170 g/mol. The largest absolute Gasteiger partial charge is 0.481 e. The van der Waals surface area contributed by atoms with Crippen molar-refractivity contribution in [2.45, 2.75) is 19.3 Å². The first kappa shape index (κ1) is 9.52. The first-order chi connectivity index (χ1) is 5.70. The maximum atomic E-state index is 10.4. The molecular weight excluding hydrogens is 154 g/mol. The Labute approximate surface area is 73.2 Å². The topological polar surface area (TPSA) is 49.3 Å². The fourth-order valence-electron chi connectivity index (χ4n) is 1.71. The maximum Gasteiger partial charge on any atom is 0.303 e. The second-order valence-electron chi connectivity index (χ2n) is 3.45. The number of nitrogens with one attached hydrogen (secondary N) is 1. The van der Waals surface area contributed by atoms with E-state index in [1.165, 1.54) is 0 Å². The van der Waals surface area contributed by atoms with E-state index in [0.29, 0.717) is 5.92 Å². The van der Waals surface area contributed by atoms with Gasteiger partial charge in [-0.2, -0.15) is 0 Å². The predicted molar refractivity (Wildman–Crippen MR) is 46.7 cm³/mol. The van der Waals surface area contributed by atoms with Crippen molar-refractivity contribution in [3.05, 3.63) is 6.92 Å². The summed E-state index contributed by atoms with van der Waals surface area (Å²) in [5.41, 5.74) is 0. The zero-order chi connectivity index (χ0) is 8.97. The zero-order valence-electron chi connectivity index (χ0n) is 7.25. The summed E-state index contributed by atoms with van der Waals surface area (Å²) >= 11 is 0. The van der Waals surface area contributed by atoms with Crippen LogP contribution in [-0.4, -0.2) is 24.2 Å². The van der Waals surface area contributed by atoms with Crippen LogP contribution in [0.4, 0.5) is 0 Å².